The second-order valence-corrected chi connectivity index (χ2v) is 10.7. The first kappa shape index (κ1) is 23.6. The van der Waals surface area contributed by atoms with Crippen LogP contribution in [0, 0.1) is 23.6 Å². The molecule has 3 fully saturated rings. The van der Waals surface area contributed by atoms with Gasteiger partial charge in [0.1, 0.15) is 5.82 Å². The number of hydrogen-bond acceptors (Lipinski definition) is 5. The van der Waals surface area contributed by atoms with Crippen molar-refractivity contribution in [3.63, 3.8) is 0 Å². The van der Waals surface area contributed by atoms with Gasteiger partial charge >= 0.3 is 0 Å². The number of nitrogens with zero attached hydrogens (tertiary/aromatic N) is 2. The molecule has 1 amide bonds. The van der Waals surface area contributed by atoms with E-state index in [1.807, 2.05) is 0 Å². The molecule has 1 aliphatic carbocycles. The molecular weight excluding hydrogens is 433 g/mol. The van der Waals surface area contributed by atoms with Gasteiger partial charge in [0.2, 0.25) is 5.91 Å². The van der Waals surface area contributed by atoms with E-state index in [1.165, 1.54) is 50.7 Å². The Morgan fingerprint density at radius 2 is 1.68 bits per heavy atom. The molecule has 1 aromatic carbocycles. The van der Waals surface area contributed by atoms with Gasteiger partial charge < -0.3 is 19.5 Å². The van der Waals surface area contributed by atoms with E-state index in [4.69, 9.17) is 9.26 Å². The predicted octanol–water partition coefficient (Wildman–Crippen LogP) is 5.46. The van der Waals surface area contributed by atoms with Crippen LogP contribution in [0.4, 0.5) is 10.2 Å². The van der Waals surface area contributed by atoms with Gasteiger partial charge in [-0.2, -0.15) is 0 Å². The van der Waals surface area contributed by atoms with Crippen molar-refractivity contribution < 1.29 is 18.4 Å². The van der Waals surface area contributed by atoms with Crippen molar-refractivity contribution in [3.05, 3.63) is 24.0 Å². The summed E-state index contributed by atoms with van der Waals surface area (Å²) in [4.78, 5) is 14.7. The average Bonchev–Trinajstić information content (AvgIpc) is 3.27. The minimum Gasteiger partial charge on any atom is -0.381 e. The number of hydrogen-bond donors (Lipinski definition) is 1. The molecule has 0 atom stereocenters. The number of halogens is 1. The fourth-order valence-corrected chi connectivity index (χ4v) is 6.13. The number of rotatable bonds is 7. The summed E-state index contributed by atoms with van der Waals surface area (Å²) < 4.78 is 24.2. The number of benzene rings is 1. The molecule has 1 aromatic heterocycles. The van der Waals surface area contributed by atoms with Crippen LogP contribution in [0.5, 0.6) is 0 Å². The van der Waals surface area contributed by atoms with Gasteiger partial charge in [-0.05, 0) is 81.3 Å². The molecule has 1 N–H and O–H groups in total. The summed E-state index contributed by atoms with van der Waals surface area (Å²) in [5, 5.41) is 8.42. The Morgan fingerprint density at radius 1 is 0.971 bits per heavy atom. The van der Waals surface area contributed by atoms with E-state index < -0.39 is 0 Å². The minimum atomic E-state index is -0.291. The van der Waals surface area contributed by atoms with Crippen LogP contribution < -0.4 is 10.2 Å². The van der Waals surface area contributed by atoms with Crippen LogP contribution >= 0.6 is 0 Å². The van der Waals surface area contributed by atoms with Crippen molar-refractivity contribution in [3.8, 4) is 0 Å². The molecule has 186 valence electrons. The van der Waals surface area contributed by atoms with E-state index in [0.717, 1.165) is 75.0 Å². The SMILES string of the molecule is O=C(CC1CCOCC1)NC1CCC(CCC2CCN(c3noc4cc(F)ccc34)CC2)CC1. The molecule has 5 rings (SSSR count). The third-order valence-corrected chi connectivity index (χ3v) is 8.34. The highest BCUT2D eigenvalue weighted by Gasteiger charge is 2.27. The second kappa shape index (κ2) is 11.1. The third-order valence-electron chi connectivity index (χ3n) is 8.34. The molecule has 7 heteroatoms. The number of anilines is 1. The molecule has 0 spiro atoms. The van der Waals surface area contributed by atoms with Crippen molar-refractivity contribution in [2.75, 3.05) is 31.2 Å². The molecule has 2 aromatic rings. The highest BCUT2D eigenvalue weighted by Crippen LogP contribution is 2.34. The summed E-state index contributed by atoms with van der Waals surface area (Å²) in [5.74, 6) is 2.88. The fraction of sp³-hybridized carbons (Fsp3) is 0.704. The number of fused-ring (bicyclic) bond motifs is 1. The van der Waals surface area contributed by atoms with E-state index in [1.54, 1.807) is 6.07 Å². The molecular formula is C27H38FN3O3. The fourth-order valence-electron chi connectivity index (χ4n) is 6.13. The summed E-state index contributed by atoms with van der Waals surface area (Å²) >= 11 is 0. The zero-order chi connectivity index (χ0) is 23.3. The van der Waals surface area contributed by atoms with Gasteiger partial charge in [0, 0.05) is 44.8 Å². The number of aromatic nitrogens is 1. The van der Waals surface area contributed by atoms with Crippen LogP contribution in [-0.2, 0) is 9.53 Å². The van der Waals surface area contributed by atoms with Crippen molar-refractivity contribution in [1.29, 1.82) is 0 Å². The van der Waals surface area contributed by atoms with Gasteiger partial charge in [-0.3, -0.25) is 4.79 Å². The topological polar surface area (TPSA) is 67.6 Å². The molecule has 0 radical (unpaired) electrons. The largest absolute Gasteiger partial charge is 0.381 e. The van der Waals surface area contributed by atoms with E-state index in [0.29, 0.717) is 24.0 Å². The first-order valence-electron chi connectivity index (χ1n) is 13.3. The molecule has 3 aliphatic rings. The van der Waals surface area contributed by atoms with Crippen LogP contribution in [-0.4, -0.2) is 43.4 Å². The zero-order valence-electron chi connectivity index (χ0n) is 20.1. The maximum atomic E-state index is 13.4. The summed E-state index contributed by atoms with van der Waals surface area (Å²) in [5.41, 5.74) is 0.521. The van der Waals surface area contributed by atoms with E-state index >= 15 is 0 Å². The number of nitrogens with one attached hydrogen (secondary N) is 1. The van der Waals surface area contributed by atoms with Crippen LogP contribution in [0.1, 0.15) is 70.6 Å². The molecule has 3 heterocycles. The van der Waals surface area contributed by atoms with Crippen LogP contribution in [0.2, 0.25) is 0 Å². The van der Waals surface area contributed by atoms with Gasteiger partial charge in [0.05, 0.1) is 5.39 Å². The number of ether oxygens (including phenoxy) is 1. The normalized spacial score (nSPS) is 25.0. The monoisotopic (exact) mass is 471 g/mol. The standard InChI is InChI=1S/C27H38FN3O3/c28-22-5-8-24-25(18-22)34-30-27(24)31-13-9-20(10-14-31)2-1-19-3-6-23(7-4-19)29-26(32)17-21-11-15-33-16-12-21/h5,8,18-21,23H,1-4,6-7,9-17H2,(H,29,32). The van der Waals surface area contributed by atoms with Gasteiger partial charge in [0.25, 0.3) is 0 Å². The van der Waals surface area contributed by atoms with Gasteiger partial charge in [-0.25, -0.2) is 4.39 Å². The third kappa shape index (κ3) is 5.91. The maximum absolute atomic E-state index is 13.4. The van der Waals surface area contributed by atoms with Crippen LogP contribution in [0.25, 0.3) is 11.0 Å². The number of amides is 1. The Balaban J connectivity index is 0.992. The van der Waals surface area contributed by atoms with Crippen LogP contribution in [0.3, 0.4) is 0 Å². The van der Waals surface area contributed by atoms with Crippen molar-refractivity contribution >= 4 is 22.7 Å². The maximum Gasteiger partial charge on any atom is 0.220 e. The quantitative estimate of drug-likeness (QED) is 0.581. The first-order chi connectivity index (χ1) is 16.6. The summed E-state index contributed by atoms with van der Waals surface area (Å²) in [6.45, 7) is 3.58. The second-order valence-electron chi connectivity index (χ2n) is 10.7. The molecule has 34 heavy (non-hydrogen) atoms. The van der Waals surface area contributed by atoms with Gasteiger partial charge in [0.15, 0.2) is 11.4 Å². The predicted molar refractivity (Wildman–Crippen MR) is 130 cm³/mol. The van der Waals surface area contributed by atoms with Crippen LogP contribution in [0.15, 0.2) is 22.7 Å². The van der Waals surface area contributed by atoms with Crippen molar-refractivity contribution in [2.24, 2.45) is 17.8 Å². The lowest BCUT2D eigenvalue weighted by atomic mass is 9.80. The van der Waals surface area contributed by atoms with Gasteiger partial charge in [-0.1, -0.05) is 18.0 Å². The molecule has 1 saturated carbocycles. The minimum absolute atomic E-state index is 0.243. The lowest BCUT2D eigenvalue weighted by Gasteiger charge is -2.34. The van der Waals surface area contributed by atoms with E-state index in [2.05, 4.69) is 15.4 Å². The van der Waals surface area contributed by atoms with Crippen molar-refractivity contribution in [2.45, 2.75) is 76.7 Å². The first-order valence-corrected chi connectivity index (χ1v) is 13.3. The molecule has 6 nitrogen and oxygen atoms in total. The summed E-state index contributed by atoms with van der Waals surface area (Å²) in [6, 6.07) is 5.02. The van der Waals surface area contributed by atoms with Gasteiger partial charge in [-0.15, -0.1) is 0 Å². The Hall–Kier alpha value is -2.15. The Morgan fingerprint density at radius 3 is 2.41 bits per heavy atom. The molecule has 0 unspecified atom stereocenters. The van der Waals surface area contributed by atoms with Crippen molar-refractivity contribution in [1.82, 2.24) is 10.5 Å². The summed E-state index contributed by atoms with van der Waals surface area (Å²) in [6.07, 6.45) is 12.4. The lowest BCUT2D eigenvalue weighted by Crippen LogP contribution is -2.39. The Kier molecular flexibility index (Phi) is 7.67. The number of piperidine rings is 1. The highest BCUT2D eigenvalue weighted by molar-refractivity contribution is 5.88. The molecule has 2 saturated heterocycles. The summed E-state index contributed by atoms with van der Waals surface area (Å²) in [7, 11) is 0. The van der Waals surface area contributed by atoms with E-state index in [9.17, 15) is 9.18 Å². The Bertz CT molecular complexity index is 942. The number of carbonyl (C=O) groups excluding carboxylic acids is 1. The average molecular weight is 472 g/mol. The highest BCUT2D eigenvalue weighted by atomic mass is 19.1. The Labute approximate surface area is 201 Å². The zero-order valence-corrected chi connectivity index (χ0v) is 20.1. The molecule has 0 bridgehead atoms. The van der Waals surface area contributed by atoms with E-state index in [-0.39, 0.29) is 11.7 Å². The lowest BCUT2D eigenvalue weighted by molar-refractivity contribution is -0.123. The number of carbonyl (C=O) groups is 1. The molecule has 2 aliphatic heterocycles. The smallest absolute Gasteiger partial charge is 0.220 e.